The van der Waals surface area contributed by atoms with Gasteiger partial charge in [0, 0.05) is 18.0 Å². The second-order valence-electron chi connectivity index (χ2n) is 6.10. The maximum Gasteiger partial charge on any atom is 0.293 e. The van der Waals surface area contributed by atoms with Gasteiger partial charge in [-0.1, -0.05) is 30.3 Å². The normalized spacial score (nSPS) is 18.1. The number of ketones is 1. The molecule has 2 rings (SSSR count). The van der Waals surface area contributed by atoms with Gasteiger partial charge in [0.25, 0.3) is 6.47 Å². The zero-order valence-electron chi connectivity index (χ0n) is 13.1. The molecule has 0 bridgehead atoms. The molecule has 0 saturated carbocycles. The van der Waals surface area contributed by atoms with Gasteiger partial charge in [-0.2, -0.15) is 0 Å². The third-order valence-electron chi connectivity index (χ3n) is 3.13. The van der Waals surface area contributed by atoms with Crippen LogP contribution in [0, 0.1) is 5.92 Å². The lowest BCUT2D eigenvalue weighted by Crippen LogP contribution is -2.34. The number of nitrogens with one attached hydrogen (secondary N) is 1. The highest BCUT2D eigenvalue weighted by Gasteiger charge is 2.21. The molecule has 1 N–H and O–H groups in total. The Bertz CT molecular complexity index is 431. The number of hydrogen-bond acceptors (Lipinski definition) is 4. The lowest BCUT2D eigenvalue weighted by atomic mass is 9.91. The zero-order chi connectivity index (χ0) is 15.7. The monoisotopic (exact) mass is 291 g/mol. The summed E-state index contributed by atoms with van der Waals surface area (Å²) in [7, 11) is 0. The molecule has 0 amide bonds. The van der Waals surface area contributed by atoms with E-state index in [0.29, 0.717) is 6.47 Å². The zero-order valence-corrected chi connectivity index (χ0v) is 13.1. The maximum absolute atomic E-state index is 12.0. The number of ether oxygens (including phenoxy) is 1. The van der Waals surface area contributed by atoms with Crippen molar-refractivity contribution in [3.63, 3.8) is 0 Å². The van der Waals surface area contributed by atoms with Crippen molar-refractivity contribution in [1.29, 1.82) is 0 Å². The van der Waals surface area contributed by atoms with Crippen LogP contribution < -0.4 is 5.32 Å². The molecule has 0 unspecified atom stereocenters. The van der Waals surface area contributed by atoms with E-state index in [1.54, 1.807) is 0 Å². The van der Waals surface area contributed by atoms with Crippen LogP contribution in [-0.4, -0.2) is 30.9 Å². The highest BCUT2D eigenvalue weighted by atomic mass is 16.5. The van der Waals surface area contributed by atoms with Crippen molar-refractivity contribution in [3.05, 3.63) is 35.9 Å². The predicted molar refractivity (Wildman–Crippen MR) is 83.3 cm³/mol. The summed E-state index contributed by atoms with van der Waals surface area (Å²) in [5, 5.41) is 3.26. The van der Waals surface area contributed by atoms with Crippen LogP contribution >= 0.6 is 0 Å². The van der Waals surface area contributed by atoms with E-state index in [1.807, 2.05) is 51.1 Å². The molecule has 1 aromatic rings. The number of rotatable bonds is 3. The molecule has 1 fully saturated rings. The van der Waals surface area contributed by atoms with Crippen molar-refractivity contribution in [2.45, 2.75) is 39.2 Å². The van der Waals surface area contributed by atoms with Crippen LogP contribution in [0.4, 0.5) is 0 Å². The first kappa shape index (κ1) is 17.4. The topological polar surface area (TPSA) is 55.4 Å². The third kappa shape index (κ3) is 7.04. The molecular weight excluding hydrogens is 266 g/mol. The van der Waals surface area contributed by atoms with E-state index in [2.05, 4.69) is 10.1 Å². The Morgan fingerprint density at radius 1 is 1.29 bits per heavy atom. The first-order valence-electron chi connectivity index (χ1n) is 7.35. The molecule has 1 heterocycles. The van der Waals surface area contributed by atoms with Crippen molar-refractivity contribution in [2.24, 2.45) is 5.92 Å². The number of Topliss-reactive ketones (excluding diaryl/α,β-unsaturated/α-hetero) is 1. The largest absolute Gasteiger partial charge is 0.462 e. The Balaban J connectivity index is 0.000000270. The fourth-order valence-electron chi connectivity index (χ4n) is 2.06. The van der Waals surface area contributed by atoms with Gasteiger partial charge in [0.1, 0.15) is 5.60 Å². The van der Waals surface area contributed by atoms with Crippen molar-refractivity contribution < 1.29 is 14.3 Å². The third-order valence-corrected chi connectivity index (χ3v) is 3.13. The molecule has 0 aliphatic carbocycles. The van der Waals surface area contributed by atoms with Gasteiger partial charge in [-0.05, 0) is 40.2 Å². The fourth-order valence-corrected chi connectivity index (χ4v) is 2.06. The summed E-state index contributed by atoms with van der Waals surface area (Å²) in [5.41, 5.74) is 0.531. The molecule has 0 radical (unpaired) electrons. The van der Waals surface area contributed by atoms with Crippen LogP contribution in [0.5, 0.6) is 0 Å². The number of hydrogen-bond donors (Lipinski definition) is 1. The van der Waals surface area contributed by atoms with Crippen LogP contribution in [0.1, 0.15) is 44.0 Å². The van der Waals surface area contributed by atoms with Gasteiger partial charge in [0.2, 0.25) is 0 Å². The summed E-state index contributed by atoms with van der Waals surface area (Å²) in [6.07, 6.45) is 2.14. The Kier molecular flexibility index (Phi) is 7.09. The Morgan fingerprint density at radius 3 is 2.38 bits per heavy atom. The molecule has 1 atom stereocenters. The van der Waals surface area contributed by atoms with E-state index < -0.39 is 0 Å². The quantitative estimate of drug-likeness (QED) is 0.687. The predicted octanol–water partition coefficient (Wildman–Crippen LogP) is 2.83. The highest BCUT2D eigenvalue weighted by Crippen LogP contribution is 2.16. The summed E-state index contributed by atoms with van der Waals surface area (Å²) in [4.78, 5) is 21.6. The van der Waals surface area contributed by atoms with E-state index in [1.165, 1.54) is 0 Å². The number of carbonyl (C=O) groups excluding carboxylic acids is 2. The fraction of sp³-hybridized carbons (Fsp3) is 0.529. The van der Waals surface area contributed by atoms with E-state index >= 15 is 0 Å². The van der Waals surface area contributed by atoms with Crippen molar-refractivity contribution >= 4 is 12.3 Å². The standard InChI is InChI=1S/C12H15NO.C5H10O2/c14-12(10-5-2-1-3-6-10)11-7-4-8-13-9-11;1-5(2,3)7-4-6/h1-3,5-6,11,13H,4,7-9H2;4H,1-3H3/t11-;/m0./s1. The molecule has 21 heavy (non-hydrogen) atoms. The second-order valence-corrected chi connectivity index (χ2v) is 6.10. The summed E-state index contributed by atoms with van der Waals surface area (Å²) in [5.74, 6) is 0.476. The summed E-state index contributed by atoms with van der Waals surface area (Å²) < 4.78 is 4.55. The van der Waals surface area contributed by atoms with Crippen molar-refractivity contribution in [1.82, 2.24) is 5.32 Å². The summed E-state index contributed by atoms with van der Waals surface area (Å²) in [6.45, 7) is 7.82. The van der Waals surface area contributed by atoms with Crippen LogP contribution in [-0.2, 0) is 9.53 Å². The molecule has 1 aliphatic heterocycles. The molecule has 1 saturated heterocycles. The molecule has 4 nitrogen and oxygen atoms in total. The molecule has 0 spiro atoms. The van der Waals surface area contributed by atoms with Crippen LogP contribution in [0.25, 0.3) is 0 Å². The lowest BCUT2D eigenvalue weighted by Gasteiger charge is -2.21. The molecule has 116 valence electrons. The summed E-state index contributed by atoms with van der Waals surface area (Å²) >= 11 is 0. The average molecular weight is 291 g/mol. The smallest absolute Gasteiger partial charge is 0.293 e. The summed E-state index contributed by atoms with van der Waals surface area (Å²) in [6, 6.07) is 9.58. The van der Waals surface area contributed by atoms with Gasteiger partial charge >= 0.3 is 0 Å². The number of benzene rings is 1. The van der Waals surface area contributed by atoms with E-state index in [9.17, 15) is 9.59 Å². The first-order valence-corrected chi connectivity index (χ1v) is 7.35. The van der Waals surface area contributed by atoms with Gasteiger partial charge in [-0.25, -0.2) is 0 Å². The van der Waals surface area contributed by atoms with Crippen molar-refractivity contribution in [3.8, 4) is 0 Å². The van der Waals surface area contributed by atoms with Gasteiger partial charge in [-0.3, -0.25) is 9.59 Å². The minimum Gasteiger partial charge on any atom is -0.462 e. The molecule has 1 aliphatic rings. The van der Waals surface area contributed by atoms with Gasteiger partial charge in [-0.15, -0.1) is 0 Å². The van der Waals surface area contributed by atoms with Crippen molar-refractivity contribution in [2.75, 3.05) is 13.1 Å². The van der Waals surface area contributed by atoms with E-state index in [-0.39, 0.29) is 17.3 Å². The molecule has 0 aromatic heterocycles. The average Bonchev–Trinajstić information content (AvgIpc) is 2.48. The molecular formula is C17H25NO3. The SMILES string of the molecule is CC(C)(C)OC=O.O=C(c1ccccc1)[C@H]1CCCNC1. The Hall–Kier alpha value is -1.68. The van der Waals surface area contributed by atoms with Crippen LogP contribution in [0.15, 0.2) is 30.3 Å². The Labute approximate surface area is 126 Å². The van der Waals surface area contributed by atoms with Crippen LogP contribution in [0.3, 0.4) is 0 Å². The van der Waals surface area contributed by atoms with E-state index in [0.717, 1.165) is 31.5 Å². The Morgan fingerprint density at radius 2 is 1.95 bits per heavy atom. The van der Waals surface area contributed by atoms with E-state index in [4.69, 9.17) is 0 Å². The first-order chi connectivity index (χ1) is 9.94. The number of carbonyl (C=O) groups is 2. The van der Waals surface area contributed by atoms with Gasteiger partial charge in [0.15, 0.2) is 5.78 Å². The maximum atomic E-state index is 12.0. The minimum absolute atomic E-state index is 0.186. The van der Waals surface area contributed by atoms with Gasteiger partial charge < -0.3 is 10.1 Å². The number of piperidine rings is 1. The van der Waals surface area contributed by atoms with Crippen LogP contribution in [0.2, 0.25) is 0 Å². The highest BCUT2D eigenvalue weighted by molar-refractivity contribution is 5.98. The second kappa shape index (κ2) is 8.57. The molecule has 4 heteroatoms. The minimum atomic E-state index is -0.318. The molecule has 1 aromatic carbocycles. The lowest BCUT2D eigenvalue weighted by molar-refractivity contribution is -0.138. The van der Waals surface area contributed by atoms with Gasteiger partial charge in [0.05, 0.1) is 0 Å².